The summed E-state index contributed by atoms with van der Waals surface area (Å²) in [7, 11) is -0.959. The number of carbonyl (C=O) groups excluding carboxylic acids is 2. The summed E-state index contributed by atoms with van der Waals surface area (Å²) in [5.74, 6) is -0.150. The molecule has 0 heterocycles. The van der Waals surface area contributed by atoms with E-state index in [4.69, 9.17) is 4.74 Å². The van der Waals surface area contributed by atoms with Crippen molar-refractivity contribution < 1.29 is 22.7 Å². The Kier molecular flexibility index (Phi) is 9.64. The summed E-state index contributed by atoms with van der Waals surface area (Å²) < 4.78 is 32.3. The van der Waals surface area contributed by atoms with Gasteiger partial charge in [0.05, 0.1) is 18.6 Å². The minimum absolute atomic E-state index is 0.0479. The van der Waals surface area contributed by atoms with Gasteiger partial charge in [-0.25, -0.2) is 8.42 Å². The second-order valence-electron chi connectivity index (χ2n) is 8.44. The first kappa shape index (κ1) is 27.3. The second-order valence-corrected chi connectivity index (χ2v) is 10.5. The number of carbonyl (C=O) groups is 2. The van der Waals surface area contributed by atoms with Gasteiger partial charge in [-0.3, -0.25) is 9.59 Å². The minimum Gasteiger partial charge on any atom is -0.497 e. The Hall–Kier alpha value is -2.91. The number of hydrogen-bond acceptors (Lipinski definition) is 5. The molecule has 0 unspecified atom stereocenters. The quantitative estimate of drug-likeness (QED) is 0.524. The smallest absolute Gasteiger partial charge is 0.243 e. The highest BCUT2D eigenvalue weighted by Gasteiger charge is 2.30. The van der Waals surface area contributed by atoms with Crippen LogP contribution in [0.25, 0.3) is 0 Å². The van der Waals surface area contributed by atoms with E-state index in [-0.39, 0.29) is 23.4 Å². The van der Waals surface area contributed by atoms with Crippen LogP contribution in [0.4, 0.5) is 0 Å². The summed E-state index contributed by atoms with van der Waals surface area (Å²) in [5.41, 5.74) is 1.70. The molecule has 2 aromatic carbocycles. The van der Waals surface area contributed by atoms with Gasteiger partial charge in [0.15, 0.2) is 0 Å². The van der Waals surface area contributed by atoms with Crippen LogP contribution < -0.4 is 10.1 Å². The van der Waals surface area contributed by atoms with Crippen LogP contribution in [0, 0.1) is 6.92 Å². The number of likely N-dealkylation sites (N-methyl/N-ethyl adjacent to an activating group) is 1. The summed E-state index contributed by atoms with van der Waals surface area (Å²) in [4.78, 5) is 27.7. The summed E-state index contributed by atoms with van der Waals surface area (Å²) >= 11 is 0. The fourth-order valence-electron chi connectivity index (χ4n) is 3.27. The molecule has 0 fully saturated rings. The summed E-state index contributed by atoms with van der Waals surface area (Å²) in [6, 6.07) is 12.8. The fraction of sp³-hybridized carbons (Fsp3) is 0.440. The average Bonchev–Trinajstić information content (AvgIpc) is 2.82. The zero-order valence-electron chi connectivity index (χ0n) is 20.7. The van der Waals surface area contributed by atoms with Crippen LogP contribution in [0.1, 0.15) is 38.3 Å². The van der Waals surface area contributed by atoms with E-state index in [1.165, 1.54) is 24.1 Å². The number of nitrogens with one attached hydrogen (secondary N) is 1. The molecule has 0 aliphatic heterocycles. The van der Waals surface area contributed by atoms with E-state index in [0.717, 1.165) is 21.9 Å². The number of methoxy groups -OCH3 is 1. The first-order valence-corrected chi connectivity index (χ1v) is 12.7. The Morgan fingerprint density at radius 1 is 1.09 bits per heavy atom. The van der Waals surface area contributed by atoms with Crippen molar-refractivity contribution in [3.05, 3.63) is 59.7 Å². The van der Waals surface area contributed by atoms with Crippen LogP contribution >= 0.6 is 0 Å². The van der Waals surface area contributed by atoms with Crippen LogP contribution in [0.15, 0.2) is 53.4 Å². The van der Waals surface area contributed by atoms with Crippen LogP contribution in [-0.2, 0) is 26.2 Å². The first-order valence-electron chi connectivity index (χ1n) is 11.2. The van der Waals surface area contributed by atoms with Crippen molar-refractivity contribution in [2.45, 2.75) is 57.6 Å². The highest BCUT2D eigenvalue weighted by Crippen LogP contribution is 2.18. The van der Waals surface area contributed by atoms with Crippen molar-refractivity contribution >= 4 is 21.8 Å². The minimum atomic E-state index is -3.87. The lowest BCUT2D eigenvalue weighted by atomic mass is 10.1. The molecule has 2 amide bonds. The van der Waals surface area contributed by atoms with Crippen LogP contribution in [0.5, 0.6) is 5.75 Å². The largest absolute Gasteiger partial charge is 0.497 e. The van der Waals surface area contributed by atoms with Crippen LogP contribution in [-0.4, -0.2) is 62.2 Å². The number of aryl methyl sites for hydroxylation is 1. The summed E-state index contributed by atoms with van der Waals surface area (Å²) in [6.07, 6.45) is 0.750. The Morgan fingerprint density at radius 3 is 2.32 bits per heavy atom. The monoisotopic (exact) mass is 489 g/mol. The lowest BCUT2D eigenvalue weighted by molar-refractivity contribution is -0.140. The van der Waals surface area contributed by atoms with Crippen molar-refractivity contribution in [3.63, 3.8) is 0 Å². The van der Waals surface area contributed by atoms with Gasteiger partial charge in [-0.15, -0.1) is 0 Å². The van der Waals surface area contributed by atoms with E-state index in [9.17, 15) is 18.0 Å². The van der Waals surface area contributed by atoms with E-state index in [1.54, 1.807) is 44.4 Å². The van der Waals surface area contributed by atoms with E-state index in [2.05, 4.69) is 5.32 Å². The number of rotatable bonds is 11. The Morgan fingerprint density at radius 2 is 1.74 bits per heavy atom. The molecule has 2 atom stereocenters. The van der Waals surface area contributed by atoms with Gasteiger partial charge in [-0.2, -0.15) is 4.31 Å². The third-order valence-corrected chi connectivity index (χ3v) is 7.56. The lowest BCUT2D eigenvalue weighted by Gasteiger charge is -2.31. The van der Waals surface area contributed by atoms with Crippen molar-refractivity contribution in [1.29, 1.82) is 0 Å². The molecule has 0 saturated carbocycles. The predicted octanol–water partition coefficient (Wildman–Crippen LogP) is 2.96. The van der Waals surface area contributed by atoms with Crippen LogP contribution in [0.3, 0.4) is 0 Å². The molecule has 0 aliphatic rings. The van der Waals surface area contributed by atoms with E-state index in [1.807, 2.05) is 26.8 Å². The molecule has 186 valence electrons. The molecule has 8 nitrogen and oxygen atoms in total. The van der Waals surface area contributed by atoms with Gasteiger partial charge in [0.25, 0.3) is 0 Å². The number of hydrogen-bond donors (Lipinski definition) is 1. The maximum Gasteiger partial charge on any atom is 0.243 e. The molecule has 0 aliphatic carbocycles. The molecule has 0 aromatic heterocycles. The van der Waals surface area contributed by atoms with Crippen LogP contribution in [0.2, 0.25) is 0 Å². The third-order valence-electron chi connectivity index (χ3n) is 5.74. The molecule has 9 heteroatoms. The average molecular weight is 490 g/mol. The van der Waals surface area contributed by atoms with Crippen molar-refractivity contribution in [1.82, 2.24) is 14.5 Å². The normalized spacial score (nSPS) is 13.3. The standard InChI is InChI=1S/C25H35N3O5S/c1-7-19(3)26-25(30)20(4)28(16-21-9-8-10-22(15-21)33-6)24(29)17-27(5)34(31,32)23-13-11-18(2)12-14-23/h8-15,19-20H,7,16-17H2,1-6H3,(H,26,30)/t19-,20-/m0/s1. The molecule has 1 N–H and O–H groups in total. The number of sulfonamides is 1. The van der Waals surface area contributed by atoms with Crippen molar-refractivity contribution in [2.24, 2.45) is 0 Å². The molecule has 2 rings (SSSR count). The number of ether oxygens (including phenoxy) is 1. The lowest BCUT2D eigenvalue weighted by Crippen LogP contribution is -2.51. The predicted molar refractivity (Wildman–Crippen MR) is 132 cm³/mol. The van der Waals surface area contributed by atoms with Gasteiger partial charge in [-0.1, -0.05) is 36.8 Å². The number of benzene rings is 2. The number of amides is 2. The van der Waals surface area contributed by atoms with E-state index < -0.39 is 28.5 Å². The van der Waals surface area contributed by atoms with Gasteiger partial charge in [0.1, 0.15) is 11.8 Å². The topological polar surface area (TPSA) is 96.0 Å². The maximum atomic E-state index is 13.4. The molecule has 0 spiro atoms. The summed E-state index contributed by atoms with van der Waals surface area (Å²) in [5, 5.41) is 2.90. The Bertz CT molecular complexity index is 1090. The SMILES string of the molecule is CC[C@H](C)NC(=O)[C@H](C)N(Cc1cccc(OC)c1)C(=O)CN(C)S(=O)(=O)c1ccc(C)cc1. The summed E-state index contributed by atoms with van der Waals surface area (Å²) in [6.45, 7) is 7.08. The Labute approximate surface area is 202 Å². The van der Waals surface area contributed by atoms with Gasteiger partial charge in [-0.05, 0) is 57.0 Å². The van der Waals surface area contributed by atoms with E-state index in [0.29, 0.717) is 5.75 Å². The molecule has 0 saturated heterocycles. The fourth-order valence-corrected chi connectivity index (χ4v) is 4.39. The maximum absolute atomic E-state index is 13.4. The van der Waals surface area contributed by atoms with Crippen molar-refractivity contribution in [3.8, 4) is 5.75 Å². The van der Waals surface area contributed by atoms with Crippen molar-refractivity contribution in [2.75, 3.05) is 20.7 Å². The first-order chi connectivity index (χ1) is 16.0. The van der Waals surface area contributed by atoms with Gasteiger partial charge >= 0.3 is 0 Å². The van der Waals surface area contributed by atoms with Gasteiger partial charge < -0.3 is 15.0 Å². The zero-order valence-corrected chi connectivity index (χ0v) is 21.6. The molecule has 0 bridgehead atoms. The Balaban J connectivity index is 2.29. The highest BCUT2D eigenvalue weighted by molar-refractivity contribution is 7.89. The van der Waals surface area contributed by atoms with E-state index >= 15 is 0 Å². The third kappa shape index (κ3) is 7.04. The van der Waals surface area contributed by atoms with Gasteiger partial charge in [0, 0.05) is 19.6 Å². The van der Waals surface area contributed by atoms with Gasteiger partial charge in [0.2, 0.25) is 21.8 Å². The molecular weight excluding hydrogens is 454 g/mol. The molecule has 2 aromatic rings. The number of nitrogens with zero attached hydrogens (tertiary/aromatic N) is 2. The highest BCUT2D eigenvalue weighted by atomic mass is 32.2. The molecule has 34 heavy (non-hydrogen) atoms. The zero-order chi connectivity index (χ0) is 25.5. The molecule has 0 radical (unpaired) electrons. The molecular formula is C25H35N3O5S. The second kappa shape index (κ2) is 12.0.